The Hall–Kier alpha value is -1.73. The SMILES string of the molecule is COc1ccc(Cl)cc1CNC(=O)C#N. The molecule has 15 heavy (non-hydrogen) atoms. The number of nitrogens with one attached hydrogen (secondary N) is 1. The van der Waals surface area contributed by atoms with E-state index in [0.29, 0.717) is 10.8 Å². The maximum atomic E-state index is 10.7. The number of benzene rings is 1. The number of nitrogens with zero attached hydrogens (tertiary/aromatic N) is 1. The fraction of sp³-hybridized carbons (Fsp3) is 0.200. The van der Waals surface area contributed by atoms with Crippen molar-refractivity contribution in [1.29, 1.82) is 5.26 Å². The summed E-state index contributed by atoms with van der Waals surface area (Å²) >= 11 is 5.79. The zero-order valence-electron chi connectivity index (χ0n) is 8.08. The zero-order chi connectivity index (χ0) is 11.3. The molecule has 1 N–H and O–H groups in total. The van der Waals surface area contributed by atoms with Crippen LogP contribution < -0.4 is 10.1 Å². The molecule has 5 heteroatoms. The van der Waals surface area contributed by atoms with Crippen molar-refractivity contribution in [3.05, 3.63) is 28.8 Å². The fourth-order valence-electron chi connectivity index (χ4n) is 1.10. The van der Waals surface area contributed by atoms with Crippen LogP contribution in [-0.4, -0.2) is 13.0 Å². The van der Waals surface area contributed by atoms with Crippen LogP contribution >= 0.6 is 11.6 Å². The topological polar surface area (TPSA) is 62.1 Å². The van der Waals surface area contributed by atoms with Gasteiger partial charge in [0.25, 0.3) is 0 Å². The Bertz CT molecular complexity index is 412. The second kappa shape index (κ2) is 5.23. The normalized spacial score (nSPS) is 9.13. The predicted octanol–water partition coefficient (Wildman–Crippen LogP) is 1.49. The molecule has 0 saturated carbocycles. The summed E-state index contributed by atoms with van der Waals surface area (Å²) in [7, 11) is 1.53. The van der Waals surface area contributed by atoms with Gasteiger partial charge in [-0.1, -0.05) is 11.6 Å². The minimum Gasteiger partial charge on any atom is -0.496 e. The molecule has 0 aliphatic rings. The molecular formula is C10H9ClN2O2. The van der Waals surface area contributed by atoms with Gasteiger partial charge < -0.3 is 10.1 Å². The lowest BCUT2D eigenvalue weighted by atomic mass is 10.2. The molecule has 0 aromatic heterocycles. The number of methoxy groups -OCH3 is 1. The van der Waals surface area contributed by atoms with Gasteiger partial charge in [0.05, 0.1) is 7.11 Å². The first-order chi connectivity index (χ1) is 7.17. The highest BCUT2D eigenvalue weighted by atomic mass is 35.5. The van der Waals surface area contributed by atoms with E-state index in [4.69, 9.17) is 21.6 Å². The first-order valence-corrected chi connectivity index (χ1v) is 4.55. The third-order valence-corrected chi connectivity index (χ3v) is 2.02. The van der Waals surface area contributed by atoms with Crippen molar-refractivity contribution in [3.8, 4) is 11.8 Å². The lowest BCUT2D eigenvalue weighted by Crippen LogP contribution is -2.20. The monoisotopic (exact) mass is 224 g/mol. The van der Waals surface area contributed by atoms with Crippen LogP contribution in [-0.2, 0) is 11.3 Å². The Morgan fingerprint density at radius 2 is 2.40 bits per heavy atom. The van der Waals surface area contributed by atoms with E-state index < -0.39 is 5.91 Å². The standard InChI is InChI=1S/C10H9ClN2O2/c1-15-9-3-2-8(11)4-7(9)6-13-10(14)5-12/h2-4H,6H2,1H3,(H,13,14). The van der Waals surface area contributed by atoms with Crippen LogP contribution in [0.5, 0.6) is 5.75 Å². The molecule has 0 aliphatic heterocycles. The van der Waals surface area contributed by atoms with E-state index in [1.807, 2.05) is 0 Å². The van der Waals surface area contributed by atoms with Gasteiger partial charge >= 0.3 is 5.91 Å². The second-order valence-electron chi connectivity index (χ2n) is 2.75. The molecular weight excluding hydrogens is 216 g/mol. The van der Waals surface area contributed by atoms with Crippen molar-refractivity contribution >= 4 is 17.5 Å². The van der Waals surface area contributed by atoms with Gasteiger partial charge in [0.15, 0.2) is 6.07 Å². The van der Waals surface area contributed by atoms with Gasteiger partial charge in [-0.2, -0.15) is 5.26 Å². The highest BCUT2D eigenvalue weighted by molar-refractivity contribution is 6.30. The fourth-order valence-corrected chi connectivity index (χ4v) is 1.30. The number of carbonyl (C=O) groups excluding carboxylic acids is 1. The Labute approximate surface area is 92.4 Å². The molecule has 1 rings (SSSR count). The van der Waals surface area contributed by atoms with Crippen LogP contribution in [0.1, 0.15) is 5.56 Å². The maximum absolute atomic E-state index is 10.7. The van der Waals surface area contributed by atoms with Crippen molar-refractivity contribution < 1.29 is 9.53 Å². The number of halogens is 1. The molecule has 0 fully saturated rings. The van der Waals surface area contributed by atoms with Crippen LogP contribution in [0.3, 0.4) is 0 Å². The summed E-state index contributed by atoms with van der Waals surface area (Å²) in [5.74, 6) is -0.0605. The van der Waals surface area contributed by atoms with E-state index >= 15 is 0 Å². The van der Waals surface area contributed by atoms with E-state index in [-0.39, 0.29) is 6.54 Å². The molecule has 1 aromatic carbocycles. The van der Waals surface area contributed by atoms with Gasteiger partial charge in [0, 0.05) is 17.1 Å². The number of hydrogen-bond donors (Lipinski definition) is 1. The van der Waals surface area contributed by atoms with Crippen LogP contribution in [0.4, 0.5) is 0 Å². The minimum absolute atomic E-state index is 0.218. The molecule has 0 atom stereocenters. The molecule has 0 radical (unpaired) electrons. The van der Waals surface area contributed by atoms with Crippen LogP contribution in [0.25, 0.3) is 0 Å². The molecule has 0 spiro atoms. The molecule has 0 heterocycles. The van der Waals surface area contributed by atoms with Gasteiger partial charge in [0.1, 0.15) is 5.75 Å². The Morgan fingerprint density at radius 1 is 1.67 bits per heavy atom. The van der Waals surface area contributed by atoms with Gasteiger partial charge in [-0.25, -0.2) is 0 Å². The van der Waals surface area contributed by atoms with Crippen molar-refractivity contribution in [2.45, 2.75) is 6.54 Å². The Balaban J connectivity index is 2.79. The van der Waals surface area contributed by atoms with Gasteiger partial charge in [-0.15, -0.1) is 0 Å². The molecule has 1 amide bonds. The molecule has 0 unspecified atom stereocenters. The molecule has 0 bridgehead atoms. The van der Waals surface area contributed by atoms with Crippen molar-refractivity contribution in [1.82, 2.24) is 5.32 Å². The van der Waals surface area contributed by atoms with Crippen molar-refractivity contribution in [2.24, 2.45) is 0 Å². The average Bonchev–Trinajstić information content (AvgIpc) is 2.26. The molecule has 4 nitrogen and oxygen atoms in total. The highest BCUT2D eigenvalue weighted by Gasteiger charge is 2.05. The summed E-state index contributed by atoms with van der Waals surface area (Å²) < 4.78 is 5.07. The van der Waals surface area contributed by atoms with Crippen molar-refractivity contribution in [2.75, 3.05) is 7.11 Å². The summed E-state index contributed by atoms with van der Waals surface area (Å²) in [6, 6.07) is 6.54. The smallest absolute Gasteiger partial charge is 0.322 e. The predicted molar refractivity (Wildman–Crippen MR) is 55.5 cm³/mol. The lowest BCUT2D eigenvalue weighted by molar-refractivity contribution is -0.116. The van der Waals surface area contributed by atoms with E-state index in [1.54, 1.807) is 18.2 Å². The van der Waals surface area contributed by atoms with Gasteiger partial charge in [-0.3, -0.25) is 4.79 Å². The Morgan fingerprint density at radius 3 is 3.00 bits per heavy atom. The van der Waals surface area contributed by atoms with Crippen LogP contribution in [0.15, 0.2) is 18.2 Å². The number of carbonyl (C=O) groups is 1. The summed E-state index contributed by atoms with van der Waals surface area (Å²) in [5, 5.41) is 11.2. The minimum atomic E-state index is -0.683. The zero-order valence-corrected chi connectivity index (χ0v) is 8.84. The second-order valence-corrected chi connectivity index (χ2v) is 3.19. The summed E-state index contributed by atoms with van der Waals surface area (Å²) in [6.07, 6.45) is 0. The highest BCUT2D eigenvalue weighted by Crippen LogP contribution is 2.22. The van der Waals surface area contributed by atoms with Crippen LogP contribution in [0.2, 0.25) is 5.02 Å². The van der Waals surface area contributed by atoms with E-state index in [9.17, 15) is 4.79 Å². The quantitative estimate of drug-likeness (QED) is 0.792. The number of hydrogen-bond acceptors (Lipinski definition) is 3. The van der Waals surface area contributed by atoms with Crippen LogP contribution in [0, 0.1) is 11.3 Å². The maximum Gasteiger partial charge on any atom is 0.322 e. The largest absolute Gasteiger partial charge is 0.496 e. The number of amides is 1. The number of nitriles is 1. The van der Waals surface area contributed by atoms with E-state index in [0.717, 1.165) is 5.56 Å². The van der Waals surface area contributed by atoms with E-state index in [2.05, 4.69) is 5.32 Å². The molecule has 0 aliphatic carbocycles. The third-order valence-electron chi connectivity index (χ3n) is 1.78. The Kier molecular flexibility index (Phi) is 3.95. The summed E-state index contributed by atoms with van der Waals surface area (Å²) in [4.78, 5) is 10.7. The molecule has 1 aromatic rings. The van der Waals surface area contributed by atoms with Gasteiger partial charge in [-0.05, 0) is 18.2 Å². The molecule has 78 valence electrons. The van der Waals surface area contributed by atoms with Gasteiger partial charge in [0.2, 0.25) is 0 Å². The number of ether oxygens (including phenoxy) is 1. The first-order valence-electron chi connectivity index (χ1n) is 4.17. The third kappa shape index (κ3) is 3.15. The van der Waals surface area contributed by atoms with E-state index in [1.165, 1.54) is 13.2 Å². The average molecular weight is 225 g/mol. The first kappa shape index (κ1) is 11.3. The summed E-state index contributed by atoms with van der Waals surface area (Å²) in [5.41, 5.74) is 0.730. The van der Waals surface area contributed by atoms with Crippen molar-refractivity contribution in [3.63, 3.8) is 0 Å². The lowest BCUT2D eigenvalue weighted by Gasteiger charge is -2.08. The molecule has 0 saturated heterocycles. The summed E-state index contributed by atoms with van der Waals surface area (Å²) in [6.45, 7) is 0.218. The number of rotatable bonds is 3.